The van der Waals surface area contributed by atoms with Crippen molar-refractivity contribution in [2.75, 3.05) is 36.4 Å². The van der Waals surface area contributed by atoms with E-state index < -0.39 is 0 Å². The first-order valence-electron chi connectivity index (χ1n) is 10.2. The highest BCUT2D eigenvalue weighted by molar-refractivity contribution is 6.15. The molecular formula is C20H23N7O3. The van der Waals surface area contributed by atoms with Crippen LogP contribution in [0.15, 0.2) is 17.8 Å². The summed E-state index contributed by atoms with van der Waals surface area (Å²) in [5.74, 6) is 1.08. The third-order valence-electron chi connectivity index (χ3n) is 5.69. The van der Waals surface area contributed by atoms with Crippen LogP contribution in [0.4, 0.5) is 11.6 Å². The second kappa shape index (κ2) is 7.12. The molecule has 0 unspecified atom stereocenters. The van der Waals surface area contributed by atoms with Gasteiger partial charge < -0.3 is 15.1 Å². The van der Waals surface area contributed by atoms with Crippen LogP contribution in [0.3, 0.4) is 0 Å². The van der Waals surface area contributed by atoms with Gasteiger partial charge in [0, 0.05) is 56.3 Å². The Morgan fingerprint density at radius 3 is 2.63 bits per heavy atom. The van der Waals surface area contributed by atoms with Crippen molar-refractivity contribution in [3.63, 3.8) is 0 Å². The largest absolute Gasteiger partial charge is 0.367 e. The minimum absolute atomic E-state index is 0.0655. The maximum absolute atomic E-state index is 12.0. The van der Waals surface area contributed by atoms with Gasteiger partial charge in [0.25, 0.3) is 5.91 Å². The number of rotatable bonds is 4. The van der Waals surface area contributed by atoms with Crippen LogP contribution in [-0.2, 0) is 14.4 Å². The van der Waals surface area contributed by atoms with Crippen LogP contribution in [0.2, 0.25) is 0 Å². The maximum atomic E-state index is 12.0. The summed E-state index contributed by atoms with van der Waals surface area (Å²) in [6.45, 7) is 4.31. The number of nitrogens with one attached hydrogen (secondary N) is 2. The molecule has 3 amide bonds. The molecule has 10 nitrogen and oxygen atoms in total. The summed E-state index contributed by atoms with van der Waals surface area (Å²) in [5.41, 5.74) is 1.73. The lowest BCUT2D eigenvalue weighted by molar-refractivity contribution is -0.129. The summed E-state index contributed by atoms with van der Waals surface area (Å²) >= 11 is 0. The lowest BCUT2D eigenvalue weighted by Crippen LogP contribution is -2.48. The number of hydrogen-bond donors (Lipinski definition) is 2. The van der Waals surface area contributed by atoms with Gasteiger partial charge >= 0.3 is 0 Å². The molecule has 156 valence electrons. The van der Waals surface area contributed by atoms with E-state index in [2.05, 4.69) is 20.6 Å². The third-order valence-corrected chi connectivity index (χ3v) is 5.69. The number of amides is 3. The second-order valence-electron chi connectivity index (χ2n) is 7.97. The highest BCUT2D eigenvalue weighted by Crippen LogP contribution is 2.29. The average Bonchev–Trinajstić information content (AvgIpc) is 3.36. The van der Waals surface area contributed by atoms with Gasteiger partial charge in [-0.3, -0.25) is 19.7 Å². The fourth-order valence-corrected chi connectivity index (χ4v) is 3.83. The number of anilines is 2. The molecule has 4 heterocycles. The van der Waals surface area contributed by atoms with Crippen LogP contribution < -0.4 is 15.5 Å². The molecule has 2 aliphatic heterocycles. The summed E-state index contributed by atoms with van der Waals surface area (Å²) in [6, 6.07) is 2.42. The lowest BCUT2D eigenvalue weighted by atomic mass is 10.1. The monoisotopic (exact) mass is 409 g/mol. The molecule has 2 N–H and O–H groups in total. The third kappa shape index (κ3) is 3.49. The summed E-state index contributed by atoms with van der Waals surface area (Å²) < 4.78 is 1.74. The van der Waals surface area contributed by atoms with Gasteiger partial charge in [0.1, 0.15) is 11.6 Å². The zero-order chi connectivity index (χ0) is 20.8. The van der Waals surface area contributed by atoms with Crippen molar-refractivity contribution in [2.24, 2.45) is 0 Å². The van der Waals surface area contributed by atoms with Gasteiger partial charge in [-0.25, -0.2) is 4.98 Å². The Morgan fingerprint density at radius 1 is 1.23 bits per heavy atom. The van der Waals surface area contributed by atoms with Gasteiger partial charge in [-0.05, 0) is 18.9 Å². The Hall–Kier alpha value is -3.43. The van der Waals surface area contributed by atoms with Gasteiger partial charge in [-0.15, -0.1) is 0 Å². The number of nitrogens with zero attached hydrogens (tertiary/aromatic N) is 5. The molecule has 30 heavy (non-hydrogen) atoms. The summed E-state index contributed by atoms with van der Waals surface area (Å²) in [5, 5.41) is 10.3. The first-order valence-corrected chi connectivity index (χ1v) is 10.2. The van der Waals surface area contributed by atoms with E-state index in [0.29, 0.717) is 49.0 Å². The molecule has 2 saturated heterocycles. The average molecular weight is 409 g/mol. The van der Waals surface area contributed by atoms with Crippen LogP contribution in [0, 0.1) is 0 Å². The lowest BCUT2D eigenvalue weighted by Gasteiger charge is -2.35. The van der Waals surface area contributed by atoms with E-state index in [1.54, 1.807) is 23.7 Å². The van der Waals surface area contributed by atoms with Crippen molar-refractivity contribution >= 4 is 41.1 Å². The number of hydrogen-bond acceptors (Lipinski definition) is 7. The summed E-state index contributed by atoms with van der Waals surface area (Å²) in [6.07, 6.45) is 5.67. The molecule has 3 aliphatic rings. The highest BCUT2D eigenvalue weighted by atomic mass is 16.2. The molecule has 0 spiro atoms. The molecule has 10 heteroatoms. The molecule has 0 aromatic carbocycles. The fraction of sp³-hybridized carbons (Fsp3) is 0.450. The minimum Gasteiger partial charge on any atom is -0.367 e. The van der Waals surface area contributed by atoms with Crippen molar-refractivity contribution < 1.29 is 14.4 Å². The van der Waals surface area contributed by atoms with Crippen LogP contribution in [0.5, 0.6) is 0 Å². The van der Waals surface area contributed by atoms with Gasteiger partial charge in [0.15, 0.2) is 5.65 Å². The Balaban J connectivity index is 1.51. The molecule has 5 rings (SSSR count). The molecule has 2 aromatic rings. The van der Waals surface area contributed by atoms with E-state index >= 15 is 0 Å². The maximum Gasteiger partial charge on any atom is 0.254 e. The SMILES string of the molecule is CC(=O)N1CCN(c2cc(NC3CC3)n3ncc(/C=C4\CC(=O)NC4=O)c3n2)CC1. The molecule has 0 radical (unpaired) electrons. The van der Waals surface area contributed by atoms with Crippen molar-refractivity contribution in [3.8, 4) is 0 Å². The standard InChI is InChI=1S/C20H23N7O3/c1-12(28)25-4-6-26(7-5-25)16-10-17(22-15-2-3-15)27-19(23-16)14(11-21-27)8-13-9-18(29)24-20(13)30/h8,10-11,15,22H,2-7,9H2,1H3,(H,24,29,30)/b13-8+. The van der Waals surface area contributed by atoms with E-state index in [-0.39, 0.29) is 24.1 Å². The smallest absolute Gasteiger partial charge is 0.254 e. The topological polar surface area (TPSA) is 112 Å². The fourth-order valence-electron chi connectivity index (χ4n) is 3.83. The van der Waals surface area contributed by atoms with Crippen LogP contribution in [-0.4, -0.2) is 69.4 Å². The molecule has 1 aliphatic carbocycles. The zero-order valence-corrected chi connectivity index (χ0v) is 16.7. The Labute approximate surface area is 172 Å². The van der Waals surface area contributed by atoms with Gasteiger partial charge in [-0.2, -0.15) is 9.61 Å². The Morgan fingerprint density at radius 2 is 2.00 bits per heavy atom. The van der Waals surface area contributed by atoms with Crippen molar-refractivity contribution in [1.82, 2.24) is 24.8 Å². The van der Waals surface area contributed by atoms with Crippen LogP contribution >= 0.6 is 0 Å². The number of carbonyl (C=O) groups is 3. The highest BCUT2D eigenvalue weighted by Gasteiger charge is 2.27. The van der Waals surface area contributed by atoms with Crippen LogP contribution in [0.1, 0.15) is 31.7 Å². The summed E-state index contributed by atoms with van der Waals surface area (Å²) in [7, 11) is 0. The minimum atomic E-state index is -0.368. The molecular weight excluding hydrogens is 386 g/mol. The van der Waals surface area contributed by atoms with Crippen molar-refractivity contribution in [1.29, 1.82) is 0 Å². The number of carbonyl (C=O) groups excluding carboxylic acids is 3. The molecule has 2 aromatic heterocycles. The first kappa shape index (κ1) is 18.6. The number of piperazine rings is 1. The molecule has 0 atom stereocenters. The normalized spacial score (nSPS) is 20.9. The summed E-state index contributed by atoms with van der Waals surface area (Å²) in [4.78, 5) is 43.9. The zero-order valence-electron chi connectivity index (χ0n) is 16.7. The second-order valence-corrected chi connectivity index (χ2v) is 7.97. The number of aromatic nitrogens is 3. The van der Waals surface area contributed by atoms with E-state index in [0.717, 1.165) is 24.5 Å². The Bertz CT molecular complexity index is 1080. The number of fused-ring (bicyclic) bond motifs is 1. The van der Waals surface area contributed by atoms with E-state index in [4.69, 9.17) is 4.98 Å². The Kier molecular flexibility index (Phi) is 4.41. The van der Waals surface area contributed by atoms with Gasteiger partial charge in [0.05, 0.1) is 12.6 Å². The molecule has 0 bridgehead atoms. The van der Waals surface area contributed by atoms with Crippen LogP contribution in [0.25, 0.3) is 11.7 Å². The molecule has 3 fully saturated rings. The van der Waals surface area contributed by atoms with Gasteiger partial charge in [0.2, 0.25) is 11.8 Å². The van der Waals surface area contributed by atoms with Gasteiger partial charge in [-0.1, -0.05) is 0 Å². The quantitative estimate of drug-likeness (QED) is 0.555. The predicted molar refractivity (Wildman–Crippen MR) is 110 cm³/mol. The number of imide groups is 1. The predicted octanol–water partition coefficient (Wildman–Crippen LogP) is 0.402. The molecule has 1 saturated carbocycles. The van der Waals surface area contributed by atoms with E-state index in [9.17, 15) is 14.4 Å². The van der Waals surface area contributed by atoms with Crippen molar-refractivity contribution in [3.05, 3.63) is 23.4 Å². The van der Waals surface area contributed by atoms with E-state index in [1.807, 2.05) is 11.0 Å². The van der Waals surface area contributed by atoms with E-state index in [1.165, 1.54) is 0 Å². The van der Waals surface area contributed by atoms with Crippen molar-refractivity contribution in [2.45, 2.75) is 32.2 Å². The first-order chi connectivity index (χ1) is 14.5.